The van der Waals surface area contributed by atoms with Gasteiger partial charge in [-0.25, -0.2) is 4.98 Å². The van der Waals surface area contributed by atoms with Gasteiger partial charge in [0, 0.05) is 24.7 Å². The third kappa shape index (κ3) is 2.57. The molecule has 7 heteroatoms. The summed E-state index contributed by atoms with van der Waals surface area (Å²) < 4.78 is 14.0. The number of aryl methyl sites for hydroxylation is 2. The number of aromatic amines is 1. The van der Waals surface area contributed by atoms with Gasteiger partial charge in [0.1, 0.15) is 0 Å². The maximum Gasteiger partial charge on any atom is 0.197 e. The Bertz CT molecular complexity index is 776. The Hall–Kier alpha value is -2.15. The monoisotopic (exact) mass is 289 g/mol. The fourth-order valence-corrected chi connectivity index (χ4v) is 3.06. The van der Waals surface area contributed by atoms with Crippen molar-refractivity contribution in [3.63, 3.8) is 0 Å². The molecule has 0 radical (unpaired) electrons. The number of nitrogens with zero attached hydrogens (tertiary/aromatic N) is 3. The van der Waals surface area contributed by atoms with Crippen LogP contribution in [0.3, 0.4) is 0 Å². The Morgan fingerprint density at radius 2 is 2.30 bits per heavy atom. The predicted octanol–water partition coefficient (Wildman–Crippen LogP) is 1.23. The van der Waals surface area contributed by atoms with Crippen LogP contribution in [0.4, 0.5) is 5.69 Å². The van der Waals surface area contributed by atoms with Crippen LogP contribution in [0.2, 0.25) is 0 Å². The van der Waals surface area contributed by atoms with Gasteiger partial charge in [-0.15, -0.1) is 0 Å². The number of aromatic nitrogens is 4. The zero-order valence-electron chi connectivity index (χ0n) is 11.0. The van der Waals surface area contributed by atoms with Crippen LogP contribution in [0.25, 0.3) is 11.0 Å². The molecular weight excluding hydrogens is 274 g/mol. The number of imidazole rings is 1. The maximum absolute atomic E-state index is 12.2. The van der Waals surface area contributed by atoms with E-state index in [0.717, 1.165) is 16.6 Å². The van der Waals surface area contributed by atoms with E-state index < -0.39 is 10.8 Å². The molecule has 3 aromatic rings. The Kier molecular flexibility index (Phi) is 3.27. The first-order chi connectivity index (χ1) is 9.61. The van der Waals surface area contributed by atoms with Gasteiger partial charge >= 0.3 is 0 Å². The maximum atomic E-state index is 12.2. The molecule has 2 heterocycles. The van der Waals surface area contributed by atoms with Crippen LogP contribution < -0.4 is 5.73 Å². The number of rotatable bonds is 4. The van der Waals surface area contributed by atoms with E-state index in [4.69, 9.17) is 5.73 Å². The fraction of sp³-hybridized carbons (Fsp3) is 0.231. The van der Waals surface area contributed by atoms with Gasteiger partial charge in [0.2, 0.25) is 0 Å². The van der Waals surface area contributed by atoms with Crippen molar-refractivity contribution in [1.82, 2.24) is 19.7 Å². The molecule has 0 amide bonds. The summed E-state index contributed by atoms with van der Waals surface area (Å²) in [6, 6.07) is 5.40. The molecule has 3 rings (SSSR count). The van der Waals surface area contributed by atoms with E-state index >= 15 is 0 Å². The van der Waals surface area contributed by atoms with E-state index in [2.05, 4.69) is 15.1 Å². The first kappa shape index (κ1) is 12.9. The van der Waals surface area contributed by atoms with E-state index in [1.165, 1.54) is 0 Å². The zero-order valence-corrected chi connectivity index (χ0v) is 11.9. The molecule has 6 nitrogen and oxygen atoms in total. The van der Waals surface area contributed by atoms with E-state index in [0.29, 0.717) is 23.0 Å². The van der Waals surface area contributed by atoms with Crippen molar-refractivity contribution in [2.45, 2.75) is 11.6 Å². The second-order valence-electron chi connectivity index (χ2n) is 4.64. The lowest BCUT2D eigenvalue weighted by molar-refractivity contribution is 0.677. The van der Waals surface area contributed by atoms with Crippen molar-refractivity contribution < 1.29 is 4.21 Å². The Labute approximate surface area is 118 Å². The molecule has 20 heavy (non-hydrogen) atoms. The topological polar surface area (TPSA) is 89.6 Å². The van der Waals surface area contributed by atoms with E-state index in [1.54, 1.807) is 23.0 Å². The minimum Gasteiger partial charge on any atom is -0.399 e. The van der Waals surface area contributed by atoms with Crippen LogP contribution in [-0.4, -0.2) is 29.7 Å². The van der Waals surface area contributed by atoms with Gasteiger partial charge in [-0.05, 0) is 30.2 Å². The van der Waals surface area contributed by atoms with Gasteiger partial charge in [0.05, 0.1) is 28.0 Å². The van der Waals surface area contributed by atoms with Crippen molar-refractivity contribution in [3.8, 4) is 0 Å². The largest absolute Gasteiger partial charge is 0.399 e. The first-order valence-electron chi connectivity index (χ1n) is 6.23. The average Bonchev–Trinajstić information content (AvgIpc) is 3.01. The van der Waals surface area contributed by atoms with Crippen molar-refractivity contribution in [2.24, 2.45) is 7.05 Å². The third-order valence-electron chi connectivity index (χ3n) is 3.03. The summed E-state index contributed by atoms with van der Waals surface area (Å²) in [5.41, 5.74) is 9.04. The number of hydrogen-bond acceptors (Lipinski definition) is 4. The van der Waals surface area contributed by atoms with Crippen molar-refractivity contribution in [2.75, 3.05) is 11.5 Å². The summed E-state index contributed by atoms with van der Waals surface area (Å²) in [6.07, 6.45) is 4.42. The minimum absolute atomic E-state index is 0.495. The Morgan fingerprint density at radius 1 is 1.45 bits per heavy atom. The highest BCUT2D eigenvalue weighted by Gasteiger charge is 2.10. The highest BCUT2D eigenvalue weighted by molar-refractivity contribution is 7.84. The van der Waals surface area contributed by atoms with Crippen LogP contribution in [0.15, 0.2) is 35.7 Å². The van der Waals surface area contributed by atoms with Crippen LogP contribution in [-0.2, 0) is 24.3 Å². The van der Waals surface area contributed by atoms with E-state index in [-0.39, 0.29) is 0 Å². The van der Waals surface area contributed by atoms with E-state index in [1.807, 2.05) is 19.3 Å². The minimum atomic E-state index is -1.16. The highest BCUT2D eigenvalue weighted by Crippen LogP contribution is 2.17. The van der Waals surface area contributed by atoms with Gasteiger partial charge in [0.15, 0.2) is 5.16 Å². The predicted molar refractivity (Wildman–Crippen MR) is 78.7 cm³/mol. The van der Waals surface area contributed by atoms with Crippen LogP contribution in [0, 0.1) is 0 Å². The van der Waals surface area contributed by atoms with Crippen LogP contribution in [0.1, 0.15) is 5.56 Å². The van der Waals surface area contributed by atoms with E-state index in [9.17, 15) is 4.21 Å². The molecule has 1 aromatic carbocycles. The van der Waals surface area contributed by atoms with Crippen LogP contribution in [0.5, 0.6) is 0 Å². The molecular formula is C13H15N5OS. The van der Waals surface area contributed by atoms with Crippen molar-refractivity contribution in [1.29, 1.82) is 0 Å². The summed E-state index contributed by atoms with van der Waals surface area (Å²) >= 11 is 0. The first-order valence-corrected chi connectivity index (χ1v) is 7.55. The molecule has 0 spiro atoms. The summed E-state index contributed by atoms with van der Waals surface area (Å²) in [6.45, 7) is 0. The standard InChI is InChI=1S/C13H15N5OS/c1-18-8-9(7-15-18)4-5-20(19)13-16-11-3-2-10(14)6-12(11)17-13/h2-3,6-8H,4-5,14H2,1H3,(H,16,17). The summed E-state index contributed by atoms with van der Waals surface area (Å²) in [5, 5.41) is 4.59. The molecule has 1 unspecified atom stereocenters. The number of fused-ring (bicyclic) bond motifs is 1. The van der Waals surface area contributed by atoms with Crippen molar-refractivity contribution >= 4 is 27.5 Å². The number of anilines is 1. The molecule has 0 bridgehead atoms. The van der Waals surface area contributed by atoms with Crippen LogP contribution >= 0.6 is 0 Å². The van der Waals surface area contributed by atoms with Gasteiger partial charge in [-0.1, -0.05) is 0 Å². The Morgan fingerprint density at radius 3 is 3.05 bits per heavy atom. The second-order valence-corrected chi connectivity index (χ2v) is 6.13. The number of nitrogen functional groups attached to an aromatic ring is 1. The second kappa shape index (κ2) is 5.09. The molecule has 3 N–H and O–H groups in total. The third-order valence-corrected chi connectivity index (χ3v) is 4.23. The normalized spacial score (nSPS) is 12.8. The van der Waals surface area contributed by atoms with Gasteiger partial charge in [0.25, 0.3) is 0 Å². The summed E-state index contributed by atoms with van der Waals surface area (Å²) in [5.74, 6) is 0.515. The average molecular weight is 289 g/mol. The lowest BCUT2D eigenvalue weighted by Gasteiger charge is -1.96. The molecule has 0 saturated carbocycles. The molecule has 104 valence electrons. The lowest BCUT2D eigenvalue weighted by Crippen LogP contribution is -2.02. The Balaban J connectivity index is 1.75. The number of hydrogen-bond donors (Lipinski definition) is 2. The number of nitrogens with one attached hydrogen (secondary N) is 1. The van der Waals surface area contributed by atoms with Gasteiger partial charge in [-0.2, -0.15) is 5.10 Å². The molecule has 1 atom stereocenters. The molecule has 0 aliphatic heterocycles. The van der Waals surface area contributed by atoms with Crippen molar-refractivity contribution in [3.05, 3.63) is 36.2 Å². The molecule has 0 saturated heterocycles. The molecule has 0 fully saturated rings. The van der Waals surface area contributed by atoms with Gasteiger partial charge < -0.3 is 10.7 Å². The lowest BCUT2D eigenvalue weighted by atomic mass is 10.3. The molecule has 0 aliphatic carbocycles. The highest BCUT2D eigenvalue weighted by atomic mass is 32.2. The molecule has 2 aromatic heterocycles. The number of benzene rings is 1. The summed E-state index contributed by atoms with van der Waals surface area (Å²) in [4.78, 5) is 7.40. The number of H-pyrrole nitrogens is 1. The molecule has 0 aliphatic rings. The zero-order chi connectivity index (χ0) is 14.1. The fourth-order valence-electron chi connectivity index (χ4n) is 2.02. The number of nitrogens with two attached hydrogens (primary N) is 1. The summed E-state index contributed by atoms with van der Waals surface area (Å²) in [7, 11) is 0.707. The van der Waals surface area contributed by atoms with Gasteiger partial charge in [-0.3, -0.25) is 8.89 Å². The smallest absolute Gasteiger partial charge is 0.197 e. The SMILES string of the molecule is Cn1cc(CCS(=O)c2nc3ccc(N)cc3[nH]2)cn1. The quantitative estimate of drug-likeness (QED) is 0.707.